The minimum Gasteiger partial charge on any atom is -0.417 e. The Morgan fingerprint density at radius 2 is 1.09 bits per heavy atom. The van der Waals surface area contributed by atoms with E-state index in [1.165, 1.54) is 5.57 Å². The summed E-state index contributed by atoms with van der Waals surface area (Å²) in [6, 6.07) is 0. The molecule has 0 aromatic rings. The molecule has 1 aliphatic carbocycles. The van der Waals surface area contributed by atoms with Gasteiger partial charge in [-0.15, -0.1) is 0 Å². The second-order valence-corrected chi connectivity index (χ2v) is 29.7. The first-order valence-electron chi connectivity index (χ1n) is 13.7. The average Bonchev–Trinajstić information content (AvgIpc) is 2.60. The van der Waals surface area contributed by atoms with Gasteiger partial charge in [-0.25, -0.2) is 0 Å². The SMILES string of the molecule is CC(C)(C)[Si](C)(C)OCCC1[C@@H](O[Si](C)(C)C(C)(C)C)CC(=CCO)C[C@H]1O[Si](C)(C)C(C)(C)C. The van der Waals surface area contributed by atoms with Crippen LogP contribution in [-0.4, -0.2) is 55.5 Å². The van der Waals surface area contributed by atoms with E-state index in [2.05, 4.69) is 102 Å². The van der Waals surface area contributed by atoms with Crippen molar-refractivity contribution < 1.29 is 18.4 Å². The van der Waals surface area contributed by atoms with Gasteiger partial charge >= 0.3 is 0 Å². The van der Waals surface area contributed by atoms with Gasteiger partial charge in [0.1, 0.15) is 0 Å². The maximum absolute atomic E-state index is 9.73. The van der Waals surface area contributed by atoms with Gasteiger partial charge in [0.25, 0.3) is 0 Å². The van der Waals surface area contributed by atoms with Crippen molar-refractivity contribution in [1.82, 2.24) is 0 Å². The van der Waals surface area contributed by atoms with E-state index in [-0.39, 0.29) is 33.9 Å². The Morgan fingerprint density at radius 3 is 1.40 bits per heavy atom. The van der Waals surface area contributed by atoms with Crippen LogP contribution in [0.25, 0.3) is 0 Å². The fourth-order valence-electron chi connectivity index (χ4n) is 3.85. The zero-order chi connectivity index (χ0) is 27.7. The van der Waals surface area contributed by atoms with Crippen LogP contribution >= 0.6 is 0 Å². The third-order valence-electron chi connectivity index (χ3n) is 9.49. The van der Waals surface area contributed by atoms with Gasteiger partial charge in [-0.05, 0) is 73.7 Å². The second kappa shape index (κ2) is 11.5. The summed E-state index contributed by atoms with van der Waals surface area (Å²) in [6.07, 6.45) is 4.91. The molecule has 0 amide bonds. The highest BCUT2D eigenvalue weighted by molar-refractivity contribution is 6.75. The lowest BCUT2D eigenvalue weighted by Gasteiger charge is -2.49. The van der Waals surface area contributed by atoms with Crippen molar-refractivity contribution >= 4 is 25.0 Å². The standard InChI is InChI=1S/C28H60O4Si3/c1-26(2,3)33(10,11)30-19-17-23-24(31-34(12,13)27(4,5)6)20-22(16-18-29)21-25(23)32-35(14,15)28(7,8)9/h16,23-25,29H,17-21H2,1-15H3/t23?,24-,25+. The van der Waals surface area contributed by atoms with Gasteiger partial charge in [0.05, 0.1) is 18.8 Å². The van der Waals surface area contributed by atoms with Crippen molar-refractivity contribution in [3.05, 3.63) is 11.6 Å². The van der Waals surface area contributed by atoms with Gasteiger partial charge in [0.2, 0.25) is 0 Å². The molecule has 0 saturated heterocycles. The summed E-state index contributed by atoms with van der Waals surface area (Å²) in [5.74, 6) is 0.291. The molecular weight excluding hydrogens is 485 g/mol. The van der Waals surface area contributed by atoms with E-state index in [0.29, 0.717) is 5.92 Å². The maximum Gasteiger partial charge on any atom is 0.192 e. The largest absolute Gasteiger partial charge is 0.417 e. The van der Waals surface area contributed by atoms with E-state index >= 15 is 0 Å². The van der Waals surface area contributed by atoms with Crippen LogP contribution in [0.15, 0.2) is 11.6 Å². The Kier molecular flexibility index (Phi) is 11.0. The molecule has 35 heavy (non-hydrogen) atoms. The van der Waals surface area contributed by atoms with Crippen LogP contribution in [0.3, 0.4) is 0 Å². The first-order chi connectivity index (χ1) is 15.5. The number of rotatable bonds is 9. The normalized spacial score (nSPS) is 24.8. The zero-order valence-corrected chi connectivity index (χ0v) is 29.0. The highest BCUT2D eigenvalue weighted by atomic mass is 28.4. The Bertz CT molecular complexity index is 669. The number of aliphatic hydroxyl groups is 1. The van der Waals surface area contributed by atoms with E-state index in [1.807, 2.05) is 6.08 Å². The molecule has 4 nitrogen and oxygen atoms in total. The number of aliphatic hydroxyl groups excluding tert-OH is 1. The van der Waals surface area contributed by atoms with E-state index < -0.39 is 25.0 Å². The fraction of sp³-hybridized carbons (Fsp3) is 0.929. The van der Waals surface area contributed by atoms with E-state index in [4.69, 9.17) is 13.3 Å². The van der Waals surface area contributed by atoms with Crippen LogP contribution in [0.4, 0.5) is 0 Å². The first-order valence-corrected chi connectivity index (χ1v) is 22.5. The molecule has 0 aromatic carbocycles. The van der Waals surface area contributed by atoms with Gasteiger partial charge in [0, 0.05) is 12.5 Å². The summed E-state index contributed by atoms with van der Waals surface area (Å²) in [5, 5.41) is 10.2. The van der Waals surface area contributed by atoms with Crippen molar-refractivity contribution in [3.8, 4) is 0 Å². The molecule has 0 bridgehead atoms. The molecule has 1 saturated carbocycles. The molecule has 0 aromatic heterocycles. The van der Waals surface area contributed by atoms with Crippen LogP contribution in [0.2, 0.25) is 54.4 Å². The summed E-state index contributed by atoms with van der Waals surface area (Å²) in [5.41, 5.74) is 1.28. The van der Waals surface area contributed by atoms with Gasteiger partial charge in [-0.3, -0.25) is 0 Å². The van der Waals surface area contributed by atoms with E-state index in [0.717, 1.165) is 25.9 Å². The maximum atomic E-state index is 9.73. The van der Waals surface area contributed by atoms with Gasteiger partial charge in [0.15, 0.2) is 25.0 Å². The van der Waals surface area contributed by atoms with Crippen LogP contribution in [0.5, 0.6) is 0 Å². The van der Waals surface area contributed by atoms with Crippen LogP contribution < -0.4 is 0 Å². The molecule has 1 N–H and O–H groups in total. The van der Waals surface area contributed by atoms with Crippen LogP contribution in [0, 0.1) is 5.92 Å². The van der Waals surface area contributed by atoms with Crippen molar-refractivity contribution in [2.24, 2.45) is 5.92 Å². The Morgan fingerprint density at radius 1 is 0.714 bits per heavy atom. The highest BCUT2D eigenvalue weighted by Crippen LogP contribution is 2.46. The molecule has 3 atom stereocenters. The van der Waals surface area contributed by atoms with Crippen molar-refractivity contribution in [3.63, 3.8) is 0 Å². The summed E-state index contributed by atoms with van der Waals surface area (Å²) >= 11 is 0. The molecule has 0 radical (unpaired) electrons. The molecule has 1 fully saturated rings. The lowest BCUT2D eigenvalue weighted by Crippen LogP contribution is -2.53. The summed E-state index contributed by atoms with van der Waals surface area (Å²) in [6.45, 7) is 35.7. The summed E-state index contributed by atoms with van der Waals surface area (Å²) in [7, 11) is -5.79. The number of hydrogen-bond donors (Lipinski definition) is 1. The third-order valence-corrected chi connectivity index (χ3v) is 23.0. The number of hydrogen-bond acceptors (Lipinski definition) is 4. The molecule has 1 unspecified atom stereocenters. The third kappa shape index (κ3) is 8.89. The highest BCUT2D eigenvalue weighted by Gasteiger charge is 2.47. The summed E-state index contributed by atoms with van der Waals surface area (Å²) < 4.78 is 20.9. The molecular formula is C28H60O4Si3. The average molecular weight is 545 g/mol. The fourth-order valence-corrected chi connectivity index (χ4v) is 7.64. The monoisotopic (exact) mass is 544 g/mol. The van der Waals surface area contributed by atoms with Gasteiger partial charge in [-0.1, -0.05) is 74.0 Å². The lowest BCUT2D eigenvalue weighted by molar-refractivity contribution is -0.00341. The molecule has 0 spiro atoms. The second-order valence-electron chi connectivity index (χ2n) is 15.3. The molecule has 1 rings (SSSR count). The molecule has 1 aliphatic rings. The Balaban J connectivity index is 3.36. The minimum atomic E-state index is -1.98. The lowest BCUT2D eigenvalue weighted by atomic mass is 9.79. The van der Waals surface area contributed by atoms with E-state index in [9.17, 15) is 5.11 Å². The van der Waals surface area contributed by atoms with Crippen LogP contribution in [-0.2, 0) is 13.3 Å². The minimum absolute atomic E-state index is 0.0775. The van der Waals surface area contributed by atoms with Crippen molar-refractivity contribution in [1.29, 1.82) is 0 Å². The van der Waals surface area contributed by atoms with Gasteiger partial charge in [-0.2, -0.15) is 0 Å². The molecule has 7 heteroatoms. The van der Waals surface area contributed by atoms with Gasteiger partial charge < -0.3 is 18.4 Å². The van der Waals surface area contributed by atoms with Crippen molar-refractivity contribution in [2.45, 2.75) is 148 Å². The predicted molar refractivity (Wildman–Crippen MR) is 160 cm³/mol. The molecule has 208 valence electrons. The van der Waals surface area contributed by atoms with E-state index in [1.54, 1.807) is 0 Å². The first kappa shape index (κ1) is 33.3. The predicted octanol–water partition coefficient (Wildman–Crippen LogP) is 8.51. The van der Waals surface area contributed by atoms with Crippen molar-refractivity contribution in [2.75, 3.05) is 13.2 Å². The molecule has 0 heterocycles. The topological polar surface area (TPSA) is 47.9 Å². The van der Waals surface area contributed by atoms with Crippen LogP contribution in [0.1, 0.15) is 81.6 Å². The Hall–Kier alpha value is 0.231. The Labute approximate surface area is 222 Å². The summed E-state index contributed by atoms with van der Waals surface area (Å²) in [4.78, 5) is 0. The zero-order valence-electron chi connectivity index (χ0n) is 26.0. The molecule has 0 aliphatic heterocycles. The smallest absolute Gasteiger partial charge is 0.192 e. The quantitative estimate of drug-likeness (QED) is 0.233.